The summed E-state index contributed by atoms with van der Waals surface area (Å²) in [5.41, 5.74) is 2.64. The van der Waals surface area contributed by atoms with Gasteiger partial charge < -0.3 is 10.2 Å². The van der Waals surface area contributed by atoms with Gasteiger partial charge in [0, 0.05) is 17.7 Å². The Labute approximate surface area is 103 Å². The fourth-order valence-corrected chi connectivity index (χ4v) is 0.925. The molecule has 0 fully saturated rings. The van der Waals surface area contributed by atoms with E-state index in [1.807, 2.05) is 36.4 Å². The Hall–Kier alpha value is -2.07. The normalized spacial score (nSPS) is 9.94. The van der Waals surface area contributed by atoms with Crippen molar-refractivity contribution >= 4 is 29.6 Å². The van der Waals surface area contributed by atoms with Gasteiger partial charge >= 0.3 is 11.9 Å². The third-order valence-corrected chi connectivity index (χ3v) is 1.55. The molecule has 0 aliphatic carbocycles. The van der Waals surface area contributed by atoms with Gasteiger partial charge in [-0.1, -0.05) is 41.9 Å². The molecular formula is C12H11ClO4. The van der Waals surface area contributed by atoms with Crippen LogP contribution in [0, 0.1) is 0 Å². The molecule has 0 atom stereocenters. The number of benzene rings is 1. The summed E-state index contributed by atoms with van der Waals surface area (Å²) in [4.78, 5) is 19.1. The molecule has 1 aromatic carbocycles. The Balaban J connectivity index is 0.000000304. The Morgan fingerprint density at radius 3 is 1.82 bits per heavy atom. The lowest BCUT2D eigenvalue weighted by Crippen LogP contribution is -1.91. The number of carboxylic acids is 2. The molecule has 1 rings (SSSR count). The Morgan fingerprint density at radius 1 is 1.00 bits per heavy atom. The van der Waals surface area contributed by atoms with Crippen LogP contribution < -0.4 is 0 Å². The largest absolute Gasteiger partial charge is 0.478 e. The average molecular weight is 255 g/mol. The molecule has 4 nitrogen and oxygen atoms in total. The predicted molar refractivity (Wildman–Crippen MR) is 65.7 cm³/mol. The van der Waals surface area contributed by atoms with Gasteiger partial charge in [-0.25, -0.2) is 9.59 Å². The van der Waals surface area contributed by atoms with E-state index in [0.717, 1.165) is 5.56 Å². The molecule has 0 saturated heterocycles. The van der Waals surface area contributed by atoms with Crippen molar-refractivity contribution in [3.63, 3.8) is 0 Å². The third-order valence-electron chi connectivity index (χ3n) is 1.42. The molecule has 0 unspecified atom stereocenters. The van der Waals surface area contributed by atoms with Gasteiger partial charge in [0.05, 0.1) is 0 Å². The zero-order valence-electron chi connectivity index (χ0n) is 8.79. The molecule has 0 radical (unpaired) electrons. The van der Waals surface area contributed by atoms with Crippen LogP contribution >= 0.6 is 11.6 Å². The fraction of sp³-hybridized carbons (Fsp3) is 0. The molecule has 0 heterocycles. The summed E-state index contributed by atoms with van der Waals surface area (Å²) in [6.07, 6.45) is 2.96. The molecule has 90 valence electrons. The number of carbonyl (C=O) groups is 2. The topological polar surface area (TPSA) is 74.6 Å². The molecule has 2 N–H and O–H groups in total. The Morgan fingerprint density at radius 2 is 1.47 bits per heavy atom. The van der Waals surface area contributed by atoms with E-state index in [1.54, 1.807) is 0 Å². The highest BCUT2D eigenvalue weighted by Crippen LogP contribution is 2.00. The van der Waals surface area contributed by atoms with Gasteiger partial charge in [0.2, 0.25) is 0 Å². The maximum Gasteiger partial charge on any atom is 0.328 e. The number of rotatable bonds is 3. The van der Waals surface area contributed by atoms with E-state index in [1.165, 1.54) is 5.54 Å². The van der Waals surface area contributed by atoms with Crippen molar-refractivity contribution in [1.82, 2.24) is 0 Å². The van der Waals surface area contributed by atoms with Crippen molar-refractivity contribution in [2.24, 2.45) is 0 Å². The number of carboxylic acid groups (broad SMARTS) is 2. The van der Waals surface area contributed by atoms with Crippen LogP contribution in [-0.2, 0) is 9.59 Å². The second-order valence-electron chi connectivity index (χ2n) is 2.71. The minimum Gasteiger partial charge on any atom is -0.478 e. The summed E-state index contributed by atoms with van der Waals surface area (Å²) < 4.78 is 0. The monoisotopic (exact) mass is 254 g/mol. The lowest BCUT2D eigenvalue weighted by molar-refractivity contribution is -0.134. The van der Waals surface area contributed by atoms with Gasteiger partial charge in [0.25, 0.3) is 0 Å². The summed E-state index contributed by atoms with van der Waals surface area (Å²) in [6, 6.07) is 9.93. The van der Waals surface area contributed by atoms with Crippen LogP contribution in [0.3, 0.4) is 0 Å². The van der Waals surface area contributed by atoms with Crippen LogP contribution in [-0.4, -0.2) is 22.2 Å². The molecule has 0 amide bonds. The van der Waals surface area contributed by atoms with Crippen molar-refractivity contribution in [1.29, 1.82) is 0 Å². The second kappa shape index (κ2) is 9.18. The molecule has 5 heteroatoms. The standard InChI is InChI=1S/C8H7Cl.C4H4O4/c9-7-6-8-4-2-1-3-5-8;5-3(6)1-2-4(7)8/h1-7H;1-2H,(H,5,6)(H,7,8)/b;2-1-. The number of halogens is 1. The highest BCUT2D eigenvalue weighted by molar-refractivity contribution is 6.27. The van der Waals surface area contributed by atoms with E-state index in [9.17, 15) is 9.59 Å². The minimum atomic E-state index is -1.26. The first-order valence-electron chi connectivity index (χ1n) is 4.52. The molecule has 17 heavy (non-hydrogen) atoms. The number of hydrogen-bond donors (Lipinski definition) is 2. The summed E-state index contributed by atoms with van der Waals surface area (Å²) in [6.45, 7) is 0. The van der Waals surface area contributed by atoms with Crippen molar-refractivity contribution < 1.29 is 19.8 Å². The maximum absolute atomic E-state index is 9.55. The number of aliphatic carboxylic acids is 2. The summed E-state index contributed by atoms with van der Waals surface area (Å²) in [7, 11) is 0. The molecule has 1 aromatic rings. The van der Waals surface area contributed by atoms with E-state index in [4.69, 9.17) is 21.8 Å². The van der Waals surface area contributed by atoms with Gasteiger partial charge in [-0.05, 0) is 11.6 Å². The summed E-state index contributed by atoms with van der Waals surface area (Å²) in [5.74, 6) is -2.51. The van der Waals surface area contributed by atoms with E-state index in [0.29, 0.717) is 12.2 Å². The highest BCUT2D eigenvalue weighted by Gasteiger charge is 1.88. The van der Waals surface area contributed by atoms with Gasteiger partial charge in [-0.3, -0.25) is 0 Å². The van der Waals surface area contributed by atoms with Crippen LogP contribution in [0.2, 0.25) is 0 Å². The first kappa shape index (κ1) is 14.9. The number of hydrogen-bond acceptors (Lipinski definition) is 2. The molecule has 0 spiro atoms. The van der Waals surface area contributed by atoms with E-state index < -0.39 is 11.9 Å². The smallest absolute Gasteiger partial charge is 0.328 e. The van der Waals surface area contributed by atoms with Gasteiger partial charge in [0.1, 0.15) is 0 Å². The van der Waals surface area contributed by atoms with Crippen molar-refractivity contribution in [2.75, 3.05) is 0 Å². The molecule has 0 aromatic heterocycles. The Kier molecular flexibility index (Phi) is 8.06. The summed E-state index contributed by atoms with van der Waals surface area (Å²) >= 11 is 5.36. The molecule has 0 aliphatic rings. The third kappa shape index (κ3) is 10.2. The van der Waals surface area contributed by atoms with Crippen molar-refractivity contribution in [3.05, 3.63) is 53.6 Å². The molecule has 0 bridgehead atoms. The minimum absolute atomic E-state index is 0.558. The zero-order chi connectivity index (χ0) is 13.1. The van der Waals surface area contributed by atoms with Crippen LogP contribution in [0.25, 0.3) is 6.08 Å². The van der Waals surface area contributed by atoms with Crippen LogP contribution in [0.4, 0.5) is 0 Å². The lowest BCUT2D eigenvalue weighted by Gasteiger charge is -1.86. The lowest BCUT2D eigenvalue weighted by atomic mass is 10.2. The van der Waals surface area contributed by atoms with Crippen molar-refractivity contribution in [3.8, 4) is 0 Å². The zero-order valence-corrected chi connectivity index (χ0v) is 9.54. The van der Waals surface area contributed by atoms with Gasteiger partial charge in [0.15, 0.2) is 0 Å². The van der Waals surface area contributed by atoms with E-state index in [2.05, 4.69) is 0 Å². The van der Waals surface area contributed by atoms with E-state index in [-0.39, 0.29) is 0 Å². The van der Waals surface area contributed by atoms with Crippen molar-refractivity contribution in [2.45, 2.75) is 0 Å². The first-order valence-corrected chi connectivity index (χ1v) is 4.95. The van der Waals surface area contributed by atoms with Crippen LogP contribution in [0.5, 0.6) is 0 Å². The Bertz CT molecular complexity index is 394. The second-order valence-corrected chi connectivity index (χ2v) is 2.97. The highest BCUT2D eigenvalue weighted by atomic mass is 35.5. The summed E-state index contributed by atoms with van der Waals surface area (Å²) in [5, 5.41) is 15.6. The van der Waals surface area contributed by atoms with Gasteiger partial charge in [-0.15, -0.1) is 0 Å². The SMILES string of the molecule is ClC=Cc1ccccc1.O=C(O)/C=C\C(=O)O. The van der Waals surface area contributed by atoms with Crippen LogP contribution in [0.1, 0.15) is 5.56 Å². The molecule has 0 aliphatic heterocycles. The van der Waals surface area contributed by atoms with Gasteiger partial charge in [-0.2, -0.15) is 0 Å². The quantitative estimate of drug-likeness (QED) is 0.813. The molecule has 0 saturated carbocycles. The van der Waals surface area contributed by atoms with E-state index >= 15 is 0 Å². The maximum atomic E-state index is 9.55. The fourth-order valence-electron chi connectivity index (χ4n) is 0.779. The van der Waals surface area contributed by atoms with Crippen LogP contribution in [0.15, 0.2) is 48.0 Å². The average Bonchev–Trinajstić information content (AvgIpc) is 2.29. The predicted octanol–water partition coefficient (Wildman–Crippen LogP) is 2.61. The first-order chi connectivity index (χ1) is 8.06. The molecular weight excluding hydrogens is 244 g/mol.